The molecular formula is C20H26N2O4S. The summed E-state index contributed by atoms with van der Waals surface area (Å²) >= 11 is 0. The van der Waals surface area contributed by atoms with Crippen molar-refractivity contribution in [3.05, 3.63) is 60.2 Å². The van der Waals surface area contributed by atoms with Crippen molar-refractivity contribution >= 4 is 15.9 Å². The maximum absolute atomic E-state index is 12.6. The average molecular weight is 391 g/mol. The minimum atomic E-state index is -3.82. The zero-order valence-corrected chi connectivity index (χ0v) is 16.6. The summed E-state index contributed by atoms with van der Waals surface area (Å²) in [5, 5.41) is 2.82. The second-order valence-corrected chi connectivity index (χ2v) is 8.26. The second-order valence-electron chi connectivity index (χ2n) is 6.55. The molecule has 7 heteroatoms. The number of benzene rings is 2. The third-order valence-corrected chi connectivity index (χ3v) is 5.61. The zero-order chi connectivity index (χ0) is 19.9. The fraction of sp³-hybridized carbons (Fsp3) is 0.350. The molecule has 0 saturated carbocycles. The van der Waals surface area contributed by atoms with Crippen LogP contribution in [0, 0.1) is 5.92 Å². The Hall–Kier alpha value is -2.38. The van der Waals surface area contributed by atoms with Gasteiger partial charge in [-0.1, -0.05) is 44.2 Å². The minimum absolute atomic E-state index is 0.0889. The van der Waals surface area contributed by atoms with Gasteiger partial charge in [-0.15, -0.1) is 0 Å². The molecule has 27 heavy (non-hydrogen) atoms. The molecule has 0 bridgehead atoms. The summed E-state index contributed by atoms with van der Waals surface area (Å²) in [5.74, 6) is 0.0285. The van der Waals surface area contributed by atoms with E-state index in [4.69, 9.17) is 4.74 Å². The summed E-state index contributed by atoms with van der Waals surface area (Å²) in [5.41, 5.74) is 1.11. The average Bonchev–Trinajstić information content (AvgIpc) is 2.66. The highest BCUT2D eigenvalue weighted by molar-refractivity contribution is 7.89. The number of methoxy groups -OCH3 is 1. The number of hydrogen-bond donors (Lipinski definition) is 2. The van der Waals surface area contributed by atoms with Crippen molar-refractivity contribution in [2.75, 3.05) is 13.7 Å². The maximum atomic E-state index is 12.6. The van der Waals surface area contributed by atoms with E-state index in [0.717, 1.165) is 5.56 Å². The summed E-state index contributed by atoms with van der Waals surface area (Å²) in [7, 11) is -2.31. The summed E-state index contributed by atoms with van der Waals surface area (Å²) < 4.78 is 32.8. The van der Waals surface area contributed by atoms with Gasteiger partial charge >= 0.3 is 0 Å². The van der Waals surface area contributed by atoms with E-state index in [-0.39, 0.29) is 16.7 Å². The Balaban J connectivity index is 2.01. The van der Waals surface area contributed by atoms with Gasteiger partial charge in [0.1, 0.15) is 11.8 Å². The Labute approximate surface area is 161 Å². The smallest absolute Gasteiger partial charge is 0.241 e. The molecule has 0 fully saturated rings. The fourth-order valence-electron chi connectivity index (χ4n) is 2.57. The highest BCUT2D eigenvalue weighted by Crippen LogP contribution is 2.16. The predicted octanol–water partition coefficient (Wildman–Crippen LogP) is 2.36. The van der Waals surface area contributed by atoms with Crippen LogP contribution in [-0.4, -0.2) is 34.0 Å². The molecule has 1 atom stereocenters. The van der Waals surface area contributed by atoms with Gasteiger partial charge in [0.25, 0.3) is 0 Å². The lowest BCUT2D eigenvalue weighted by Crippen LogP contribution is -2.49. The van der Waals surface area contributed by atoms with Gasteiger partial charge in [-0.3, -0.25) is 4.79 Å². The van der Waals surface area contributed by atoms with Gasteiger partial charge in [0, 0.05) is 6.54 Å². The first-order valence-corrected chi connectivity index (χ1v) is 10.3. The van der Waals surface area contributed by atoms with Gasteiger partial charge < -0.3 is 10.1 Å². The van der Waals surface area contributed by atoms with E-state index in [9.17, 15) is 13.2 Å². The molecule has 0 heterocycles. The van der Waals surface area contributed by atoms with Crippen LogP contribution in [-0.2, 0) is 21.2 Å². The zero-order valence-electron chi connectivity index (χ0n) is 15.8. The molecule has 6 nitrogen and oxygen atoms in total. The molecule has 1 amide bonds. The molecular weight excluding hydrogens is 364 g/mol. The highest BCUT2D eigenvalue weighted by atomic mass is 32.2. The van der Waals surface area contributed by atoms with Crippen LogP contribution in [0.1, 0.15) is 19.4 Å². The summed E-state index contributed by atoms with van der Waals surface area (Å²) in [6.07, 6.45) is 0.683. The van der Waals surface area contributed by atoms with Gasteiger partial charge in [-0.2, -0.15) is 4.72 Å². The molecule has 0 radical (unpaired) electrons. The number of ether oxygens (including phenoxy) is 1. The molecule has 146 valence electrons. The van der Waals surface area contributed by atoms with Crippen molar-refractivity contribution in [1.29, 1.82) is 0 Å². The Morgan fingerprint density at radius 1 is 1.04 bits per heavy atom. The van der Waals surface area contributed by atoms with E-state index in [2.05, 4.69) is 10.0 Å². The van der Waals surface area contributed by atoms with Crippen molar-refractivity contribution < 1.29 is 17.9 Å². The molecule has 0 spiro atoms. The van der Waals surface area contributed by atoms with Crippen molar-refractivity contribution in [3.8, 4) is 5.75 Å². The lowest BCUT2D eigenvalue weighted by molar-refractivity contribution is -0.123. The van der Waals surface area contributed by atoms with Crippen LogP contribution < -0.4 is 14.8 Å². The van der Waals surface area contributed by atoms with Gasteiger partial charge in [-0.25, -0.2) is 8.42 Å². The van der Waals surface area contributed by atoms with E-state index in [1.54, 1.807) is 26.0 Å². The Bertz CT molecular complexity index is 834. The van der Waals surface area contributed by atoms with E-state index < -0.39 is 16.1 Å². The molecule has 0 aromatic heterocycles. The SMILES string of the molecule is COc1ccc(S(=O)(=O)N[C@H](C(=O)NCCc2ccccc2)C(C)C)cc1. The lowest BCUT2D eigenvalue weighted by Gasteiger charge is -2.21. The van der Waals surface area contributed by atoms with Crippen molar-refractivity contribution in [1.82, 2.24) is 10.0 Å². The monoisotopic (exact) mass is 390 g/mol. The van der Waals surface area contributed by atoms with E-state index in [1.807, 2.05) is 30.3 Å². The number of carbonyl (C=O) groups is 1. The van der Waals surface area contributed by atoms with Gasteiger partial charge in [0.15, 0.2) is 0 Å². The molecule has 0 aliphatic heterocycles. The molecule has 0 saturated heterocycles. The fourth-order valence-corrected chi connectivity index (χ4v) is 3.91. The van der Waals surface area contributed by atoms with E-state index in [1.165, 1.54) is 19.2 Å². The second kappa shape index (κ2) is 9.53. The third kappa shape index (κ3) is 6.08. The minimum Gasteiger partial charge on any atom is -0.497 e. The topological polar surface area (TPSA) is 84.5 Å². The van der Waals surface area contributed by atoms with Crippen LogP contribution in [0.15, 0.2) is 59.5 Å². The maximum Gasteiger partial charge on any atom is 0.241 e. The molecule has 0 unspecified atom stereocenters. The van der Waals surface area contributed by atoms with E-state index in [0.29, 0.717) is 18.7 Å². The Morgan fingerprint density at radius 2 is 1.67 bits per heavy atom. The Kier molecular flexibility index (Phi) is 7.38. The highest BCUT2D eigenvalue weighted by Gasteiger charge is 2.28. The van der Waals surface area contributed by atoms with Crippen LogP contribution in [0.25, 0.3) is 0 Å². The predicted molar refractivity (Wildman–Crippen MR) is 105 cm³/mol. The van der Waals surface area contributed by atoms with E-state index >= 15 is 0 Å². The Morgan fingerprint density at radius 3 is 2.22 bits per heavy atom. The van der Waals surface area contributed by atoms with Crippen LogP contribution in [0.4, 0.5) is 0 Å². The van der Waals surface area contributed by atoms with Crippen molar-refractivity contribution in [2.45, 2.75) is 31.2 Å². The van der Waals surface area contributed by atoms with Crippen LogP contribution >= 0.6 is 0 Å². The standard InChI is InChI=1S/C20H26N2O4S/c1-15(2)19(20(23)21-14-13-16-7-5-4-6-8-16)22-27(24,25)18-11-9-17(26-3)10-12-18/h4-12,15,19,22H,13-14H2,1-3H3,(H,21,23)/t19-/m0/s1. The van der Waals surface area contributed by atoms with Crippen LogP contribution in [0.5, 0.6) is 5.75 Å². The first kappa shape index (κ1) is 20.9. The van der Waals surface area contributed by atoms with Crippen LogP contribution in [0.3, 0.4) is 0 Å². The molecule has 2 aromatic rings. The normalized spacial score (nSPS) is 12.6. The quantitative estimate of drug-likeness (QED) is 0.688. The molecule has 2 rings (SSSR count). The largest absolute Gasteiger partial charge is 0.497 e. The molecule has 0 aliphatic carbocycles. The first-order valence-electron chi connectivity index (χ1n) is 8.81. The molecule has 0 aliphatic rings. The van der Waals surface area contributed by atoms with Crippen molar-refractivity contribution in [3.63, 3.8) is 0 Å². The number of rotatable bonds is 9. The lowest BCUT2D eigenvalue weighted by atomic mass is 10.0. The number of carbonyl (C=O) groups excluding carboxylic acids is 1. The number of sulfonamides is 1. The van der Waals surface area contributed by atoms with Crippen molar-refractivity contribution in [2.24, 2.45) is 5.92 Å². The number of hydrogen-bond acceptors (Lipinski definition) is 4. The first-order chi connectivity index (χ1) is 12.8. The molecule has 2 aromatic carbocycles. The van der Waals surface area contributed by atoms with Gasteiger partial charge in [0.05, 0.1) is 12.0 Å². The number of nitrogens with one attached hydrogen (secondary N) is 2. The van der Waals surface area contributed by atoms with Gasteiger partial charge in [0.2, 0.25) is 15.9 Å². The summed E-state index contributed by atoms with van der Waals surface area (Å²) in [6, 6.07) is 15.0. The molecule has 2 N–H and O–H groups in total. The van der Waals surface area contributed by atoms with Gasteiger partial charge in [-0.05, 0) is 42.2 Å². The third-order valence-electron chi connectivity index (χ3n) is 4.16. The summed E-state index contributed by atoms with van der Waals surface area (Å²) in [6.45, 7) is 4.05. The van der Waals surface area contributed by atoms with Crippen LogP contribution in [0.2, 0.25) is 0 Å². The number of amides is 1. The summed E-state index contributed by atoms with van der Waals surface area (Å²) in [4.78, 5) is 12.6.